The van der Waals surface area contributed by atoms with Gasteiger partial charge in [-0.1, -0.05) is 60.7 Å². The van der Waals surface area contributed by atoms with E-state index in [-0.39, 0.29) is 5.92 Å². The molecule has 0 amide bonds. The zero-order chi connectivity index (χ0) is 14.5. The van der Waals surface area contributed by atoms with Gasteiger partial charge in [0.15, 0.2) is 0 Å². The first-order chi connectivity index (χ1) is 10.4. The lowest BCUT2D eigenvalue weighted by atomic mass is 9.90. The molecule has 0 fully saturated rings. The molecule has 0 radical (unpaired) electrons. The summed E-state index contributed by atoms with van der Waals surface area (Å²) in [6, 6.07) is 22.2. The van der Waals surface area contributed by atoms with Crippen molar-refractivity contribution in [2.45, 2.75) is 5.92 Å². The summed E-state index contributed by atoms with van der Waals surface area (Å²) in [7, 11) is 0. The molecule has 0 bridgehead atoms. The molecular weight excluding hydrogens is 260 g/mol. The number of aromatic nitrogens is 2. The lowest BCUT2D eigenvalue weighted by Gasteiger charge is -2.17. The van der Waals surface area contributed by atoms with Gasteiger partial charge in [-0.15, -0.1) is 0 Å². The van der Waals surface area contributed by atoms with Crippen LogP contribution in [-0.4, -0.2) is 9.97 Å². The van der Waals surface area contributed by atoms with Gasteiger partial charge in [0.05, 0.1) is 5.92 Å². The number of nitrogens with one attached hydrogen (secondary N) is 1. The summed E-state index contributed by atoms with van der Waals surface area (Å²) >= 11 is 0. The number of hydrogen-bond acceptors (Lipinski definition) is 4. The second-order valence-electron chi connectivity index (χ2n) is 4.70. The highest BCUT2D eigenvalue weighted by atomic mass is 15.3. The van der Waals surface area contributed by atoms with Gasteiger partial charge in [0.1, 0.15) is 11.6 Å². The standard InChI is InChI=1S/C17H16N4/c18-21-15-11-12-19-17(20-15)16(13-7-3-1-4-8-13)14-9-5-2-6-10-14/h1-12,16H,18H2,(H,19,20,21). The maximum absolute atomic E-state index is 5.46. The first-order valence-electron chi connectivity index (χ1n) is 6.78. The van der Waals surface area contributed by atoms with Crippen LogP contribution in [0.2, 0.25) is 0 Å². The van der Waals surface area contributed by atoms with E-state index in [1.54, 1.807) is 12.3 Å². The second-order valence-corrected chi connectivity index (χ2v) is 4.70. The van der Waals surface area contributed by atoms with Crippen molar-refractivity contribution in [2.24, 2.45) is 5.84 Å². The van der Waals surface area contributed by atoms with Crippen LogP contribution in [0, 0.1) is 0 Å². The minimum Gasteiger partial charge on any atom is -0.308 e. The molecule has 3 N–H and O–H groups in total. The quantitative estimate of drug-likeness (QED) is 0.568. The van der Waals surface area contributed by atoms with Gasteiger partial charge in [0, 0.05) is 12.3 Å². The fourth-order valence-corrected chi connectivity index (χ4v) is 2.37. The van der Waals surface area contributed by atoms with Gasteiger partial charge in [-0.25, -0.2) is 15.8 Å². The Morgan fingerprint density at radius 1 is 0.810 bits per heavy atom. The Bertz CT molecular complexity index is 659. The Balaban J connectivity index is 2.12. The summed E-state index contributed by atoms with van der Waals surface area (Å²) in [6.07, 6.45) is 1.72. The van der Waals surface area contributed by atoms with Crippen molar-refractivity contribution in [3.63, 3.8) is 0 Å². The normalized spacial score (nSPS) is 10.6. The number of nitrogens with zero attached hydrogens (tertiary/aromatic N) is 2. The van der Waals surface area contributed by atoms with E-state index in [9.17, 15) is 0 Å². The van der Waals surface area contributed by atoms with E-state index in [1.165, 1.54) is 0 Å². The highest BCUT2D eigenvalue weighted by Crippen LogP contribution is 2.29. The first-order valence-corrected chi connectivity index (χ1v) is 6.78. The Morgan fingerprint density at radius 3 is 1.90 bits per heavy atom. The number of benzene rings is 2. The van der Waals surface area contributed by atoms with Crippen molar-refractivity contribution in [1.82, 2.24) is 9.97 Å². The number of hydrogen-bond donors (Lipinski definition) is 2. The molecule has 1 heterocycles. The van der Waals surface area contributed by atoms with Gasteiger partial charge < -0.3 is 5.43 Å². The van der Waals surface area contributed by atoms with Gasteiger partial charge >= 0.3 is 0 Å². The van der Waals surface area contributed by atoms with Crippen LogP contribution in [0.5, 0.6) is 0 Å². The first kappa shape index (κ1) is 13.3. The lowest BCUT2D eigenvalue weighted by Crippen LogP contribution is -2.13. The number of nitrogen functional groups attached to an aromatic ring is 1. The molecule has 104 valence electrons. The molecule has 0 aliphatic carbocycles. The molecule has 3 aromatic rings. The number of hydrazine groups is 1. The van der Waals surface area contributed by atoms with Crippen molar-refractivity contribution >= 4 is 5.82 Å². The summed E-state index contributed by atoms with van der Waals surface area (Å²) in [5.74, 6) is 6.78. The number of anilines is 1. The minimum atomic E-state index is -0.0132. The molecule has 21 heavy (non-hydrogen) atoms. The van der Waals surface area contributed by atoms with Gasteiger partial charge in [0.25, 0.3) is 0 Å². The van der Waals surface area contributed by atoms with Gasteiger partial charge in [-0.2, -0.15) is 0 Å². The molecule has 0 spiro atoms. The van der Waals surface area contributed by atoms with E-state index >= 15 is 0 Å². The van der Waals surface area contributed by atoms with Crippen molar-refractivity contribution in [3.05, 3.63) is 89.9 Å². The molecule has 0 saturated carbocycles. The van der Waals surface area contributed by atoms with E-state index < -0.39 is 0 Å². The topological polar surface area (TPSA) is 63.8 Å². The zero-order valence-electron chi connectivity index (χ0n) is 11.5. The Hall–Kier alpha value is -2.72. The molecule has 4 heteroatoms. The maximum Gasteiger partial charge on any atom is 0.143 e. The average Bonchev–Trinajstić information content (AvgIpc) is 2.57. The molecule has 0 aliphatic heterocycles. The fraction of sp³-hybridized carbons (Fsp3) is 0.0588. The van der Waals surface area contributed by atoms with Crippen LogP contribution < -0.4 is 11.3 Å². The summed E-state index contributed by atoms with van der Waals surface area (Å²) in [5, 5.41) is 0. The third kappa shape index (κ3) is 2.90. The molecular formula is C17H16N4. The molecule has 3 rings (SSSR count). The molecule has 0 unspecified atom stereocenters. The third-order valence-electron chi connectivity index (χ3n) is 3.35. The molecule has 4 nitrogen and oxygen atoms in total. The van der Waals surface area contributed by atoms with Crippen molar-refractivity contribution in [1.29, 1.82) is 0 Å². The largest absolute Gasteiger partial charge is 0.308 e. The van der Waals surface area contributed by atoms with E-state index in [0.29, 0.717) is 5.82 Å². The van der Waals surface area contributed by atoms with Gasteiger partial charge in [-0.3, -0.25) is 0 Å². The molecule has 1 aromatic heterocycles. The number of nitrogens with two attached hydrogens (primary N) is 1. The van der Waals surface area contributed by atoms with Crippen LogP contribution >= 0.6 is 0 Å². The molecule has 0 saturated heterocycles. The highest BCUT2D eigenvalue weighted by molar-refractivity contribution is 5.40. The number of rotatable bonds is 4. The smallest absolute Gasteiger partial charge is 0.143 e. The van der Waals surface area contributed by atoms with Crippen LogP contribution in [0.3, 0.4) is 0 Å². The monoisotopic (exact) mass is 276 g/mol. The molecule has 2 aromatic carbocycles. The highest BCUT2D eigenvalue weighted by Gasteiger charge is 2.19. The Kier molecular flexibility index (Phi) is 3.89. The fourth-order valence-electron chi connectivity index (χ4n) is 2.37. The zero-order valence-corrected chi connectivity index (χ0v) is 11.5. The van der Waals surface area contributed by atoms with Gasteiger partial charge in [0.2, 0.25) is 0 Å². The summed E-state index contributed by atoms with van der Waals surface area (Å²) in [5.41, 5.74) is 4.88. The van der Waals surface area contributed by atoms with Crippen molar-refractivity contribution in [3.8, 4) is 0 Å². The van der Waals surface area contributed by atoms with Crippen LogP contribution in [0.25, 0.3) is 0 Å². The lowest BCUT2D eigenvalue weighted by molar-refractivity contribution is 0.854. The van der Waals surface area contributed by atoms with E-state index in [2.05, 4.69) is 39.7 Å². The SMILES string of the molecule is NNc1ccnc(C(c2ccccc2)c2ccccc2)n1. The van der Waals surface area contributed by atoms with Crippen molar-refractivity contribution < 1.29 is 0 Å². The predicted octanol–water partition coefficient (Wildman–Crippen LogP) is 2.94. The van der Waals surface area contributed by atoms with Crippen LogP contribution in [0.4, 0.5) is 5.82 Å². The van der Waals surface area contributed by atoms with Crippen molar-refractivity contribution in [2.75, 3.05) is 5.43 Å². The summed E-state index contributed by atoms with van der Waals surface area (Å²) in [4.78, 5) is 8.93. The Labute approximate surface area is 123 Å². The van der Waals surface area contributed by atoms with Crippen LogP contribution in [0.1, 0.15) is 22.9 Å². The maximum atomic E-state index is 5.46. The van der Waals surface area contributed by atoms with E-state index in [4.69, 9.17) is 5.84 Å². The molecule has 0 atom stereocenters. The van der Waals surface area contributed by atoms with Crippen LogP contribution in [0.15, 0.2) is 72.9 Å². The second kappa shape index (κ2) is 6.15. The average molecular weight is 276 g/mol. The van der Waals surface area contributed by atoms with Crippen LogP contribution in [-0.2, 0) is 0 Å². The summed E-state index contributed by atoms with van der Waals surface area (Å²) in [6.45, 7) is 0. The predicted molar refractivity (Wildman–Crippen MR) is 83.7 cm³/mol. The van der Waals surface area contributed by atoms with E-state index in [0.717, 1.165) is 17.0 Å². The summed E-state index contributed by atoms with van der Waals surface area (Å²) < 4.78 is 0. The third-order valence-corrected chi connectivity index (χ3v) is 3.35. The van der Waals surface area contributed by atoms with Gasteiger partial charge in [-0.05, 0) is 11.1 Å². The Morgan fingerprint density at radius 2 is 1.38 bits per heavy atom. The van der Waals surface area contributed by atoms with E-state index in [1.807, 2.05) is 36.4 Å². The minimum absolute atomic E-state index is 0.0132. The molecule has 0 aliphatic rings.